The van der Waals surface area contributed by atoms with Crippen LogP contribution in [0.1, 0.15) is 12.8 Å². The number of ether oxygens (including phenoxy) is 1. The molecule has 4 nitrogen and oxygen atoms in total. The van der Waals surface area contributed by atoms with Crippen LogP contribution in [0.2, 0.25) is 0 Å². The normalized spacial score (nSPS) is 19.8. The number of aromatic nitrogens is 2. The summed E-state index contributed by atoms with van der Waals surface area (Å²) in [5, 5.41) is 11.2. The van der Waals surface area contributed by atoms with Crippen LogP contribution in [0.4, 0.5) is 5.82 Å². The first kappa shape index (κ1) is 10.6. The monoisotopic (exact) mass is 227 g/mol. The molecule has 1 fully saturated rings. The van der Waals surface area contributed by atoms with Crippen LogP contribution < -0.4 is 5.32 Å². The van der Waals surface area contributed by atoms with Crippen molar-refractivity contribution in [3.8, 4) is 0 Å². The van der Waals surface area contributed by atoms with E-state index in [4.69, 9.17) is 16.3 Å². The fourth-order valence-electron chi connectivity index (χ4n) is 1.69. The van der Waals surface area contributed by atoms with Crippen molar-refractivity contribution in [2.75, 3.05) is 24.4 Å². The Morgan fingerprint density at radius 2 is 2.27 bits per heavy atom. The third-order valence-corrected chi connectivity index (χ3v) is 3.18. The summed E-state index contributed by atoms with van der Waals surface area (Å²) in [4.78, 5) is 0. The molecule has 1 aromatic heterocycles. The number of hydrogen-bond donors (Lipinski definition) is 1. The zero-order valence-electron chi connectivity index (χ0n) is 8.45. The molecule has 0 unspecified atom stereocenters. The van der Waals surface area contributed by atoms with Gasteiger partial charge in [-0.15, -0.1) is 16.7 Å². The first-order valence-electron chi connectivity index (χ1n) is 5.04. The summed E-state index contributed by atoms with van der Waals surface area (Å²) in [6.07, 6.45) is 3.47. The zero-order valence-corrected chi connectivity index (χ0v) is 9.20. The molecule has 0 saturated carbocycles. The van der Waals surface area contributed by atoms with Crippen molar-refractivity contribution >= 4 is 17.4 Å². The van der Waals surface area contributed by atoms with E-state index >= 15 is 0 Å². The Bertz CT molecular complexity index is 301. The molecule has 0 bridgehead atoms. The fourth-order valence-corrected chi connectivity index (χ4v) is 2.03. The van der Waals surface area contributed by atoms with Crippen molar-refractivity contribution in [1.82, 2.24) is 10.2 Å². The summed E-state index contributed by atoms with van der Waals surface area (Å²) in [5.74, 6) is 1.34. The summed E-state index contributed by atoms with van der Waals surface area (Å²) in [7, 11) is 0. The molecule has 0 amide bonds. The fraction of sp³-hybridized carbons (Fsp3) is 0.600. The Kier molecular flexibility index (Phi) is 3.38. The van der Waals surface area contributed by atoms with Gasteiger partial charge in [-0.1, -0.05) is 0 Å². The van der Waals surface area contributed by atoms with E-state index in [1.807, 2.05) is 12.1 Å². The molecule has 1 N–H and O–H groups in total. The van der Waals surface area contributed by atoms with Gasteiger partial charge in [-0.2, -0.15) is 5.10 Å². The number of alkyl halides is 1. The van der Waals surface area contributed by atoms with E-state index < -0.39 is 0 Å². The number of anilines is 1. The second-order valence-corrected chi connectivity index (χ2v) is 4.03. The van der Waals surface area contributed by atoms with Crippen molar-refractivity contribution in [3.05, 3.63) is 18.3 Å². The number of hydrogen-bond acceptors (Lipinski definition) is 4. The predicted molar refractivity (Wildman–Crippen MR) is 59.2 cm³/mol. The SMILES string of the molecule is ClCC1(Nc2cccnn2)CCOCC1. The molecule has 15 heavy (non-hydrogen) atoms. The topological polar surface area (TPSA) is 47.0 Å². The second kappa shape index (κ2) is 4.77. The molecule has 5 heteroatoms. The maximum absolute atomic E-state index is 6.02. The lowest BCUT2D eigenvalue weighted by atomic mass is 9.92. The highest BCUT2D eigenvalue weighted by molar-refractivity contribution is 6.18. The number of rotatable bonds is 3. The Balaban J connectivity index is 2.07. The van der Waals surface area contributed by atoms with Crippen LogP contribution in [-0.2, 0) is 4.74 Å². The highest BCUT2D eigenvalue weighted by Crippen LogP contribution is 2.26. The molecular formula is C10H14ClN3O. The van der Waals surface area contributed by atoms with Crippen molar-refractivity contribution in [3.63, 3.8) is 0 Å². The van der Waals surface area contributed by atoms with Gasteiger partial charge in [0.25, 0.3) is 0 Å². The van der Waals surface area contributed by atoms with Gasteiger partial charge in [-0.25, -0.2) is 0 Å². The van der Waals surface area contributed by atoms with E-state index in [0.717, 1.165) is 31.9 Å². The molecule has 1 aliphatic rings. The van der Waals surface area contributed by atoms with Crippen molar-refractivity contribution in [2.45, 2.75) is 18.4 Å². The average Bonchev–Trinajstić information content (AvgIpc) is 2.32. The van der Waals surface area contributed by atoms with Crippen LogP contribution in [0, 0.1) is 0 Å². The van der Waals surface area contributed by atoms with Crippen LogP contribution in [0.5, 0.6) is 0 Å². The minimum atomic E-state index is -0.0875. The van der Waals surface area contributed by atoms with Gasteiger partial charge in [0.1, 0.15) is 5.82 Å². The Morgan fingerprint density at radius 3 is 2.87 bits per heavy atom. The van der Waals surface area contributed by atoms with Crippen LogP contribution in [0.25, 0.3) is 0 Å². The molecule has 0 radical (unpaired) electrons. The predicted octanol–water partition coefficient (Wildman–Crippen LogP) is 1.68. The zero-order chi connectivity index (χ0) is 10.6. The lowest BCUT2D eigenvalue weighted by molar-refractivity contribution is 0.0666. The maximum Gasteiger partial charge on any atom is 0.149 e. The molecule has 1 aromatic rings. The number of nitrogens with one attached hydrogen (secondary N) is 1. The maximum atomic E-state index is 6.02. The Hall–Kier alpha value is -0.870. The van der Waals surface area contributed by atoms with Gasteiger partial charge in [0, 0.05) is 25.3 Å². The first-order chi connectivity index (χ1) is 7.35. The number of halogens is 1. The average molecular weight is 228 g/mol. The van der Waals surface area contributed by atoms with E-state index in [9.17, 15) is 0 Å². The van der Waals surface area contributed by atoms with Crippen molar-refractivity contribution in [2.24, 2.45) is 0 Å². The summed E-state index contributed by atoms with van der Waals surface area (Å²) in [6.45, 7) is 1.50. The molecule has 1 saturated heterocycles. The van der Waals surface area contributed by atoms with Gasteiger partial charge in [0.05, 0.1) is 5.54 Å². The lowest BCUT2D eigenvalue weighted by Gasteiger charge is -2.36. The molecule has 0 aliphatic carbocycles. The molecule has 82 valence electrons. The quantitative estimate of drug-likeness (QED) is 0.799. The third kappa shape index (κ3) is 2.58. The minimum absolute atomic E-state index is 0.0875. The van der Waals surface area contributed by atoms with Gasteiger partial charge in [0.2, 0.25) is 0 Å². The number of nitrogens with zero attached hydrogens (tertiary/aromatic N) is 2. The summed E-state index contributed by atoms with van der Waals surface area (Å²) >= 11 is 6.02. The van der Waals surface area contributed by atoms with E-state index in [-0.39, 0.29) is 5.54 Å². The van der Waals surface area contributed by atoms with Gasteiger partial charge in [0.15, 0.2) is 0 Å². The van der Waals surface area contributed by atoms with Crippen molar-refractivity contribution in [1.29, 1.82) is 0 Å². The lowest BCUT2D eigenvalue weighted by Crippen LogP contribution is -2.45. The Labute approximate surface area is 94.0 Å². The van der Waals surface area contributed by atoms with Gasteiger partial charge >= 0.3 is 0 Å². The third-order valence-electron chi connectivity index (χ3n) is 2.67. The van der Waals surface area contributed by atoms with Crippen LogP contribution >= 0.6 is 11.6 Å². The van der Waals surface area contributed by atoms with Crippen LogP contribution in [-0.4, -0.2) is 34.8 Å². The van der Waals surface area contributed by atoms with Gasteiger partial charge in [-0.05, 0) is 25.0 Å². The van der Waals surface area contributed by atoms with E-state index in [1.165, 1.54) is 0 Å². The largest absolute Gasteiger partial charge is 0.381 e. The molecule has 2 rings (SSSR count). The Morgan fingerprint density at radius 1 is 1.47 bits per heavy atom. The summed E-state index contributed by atoms with van der Waals surface area (Å²) < 4.78 is 5.33. The summed E-state index contributed by atoms with van der Waals surface area (Å²) in [5.41, 5.74) is -0.0875. The molecule has 0 aromatic carbocycles. The van der Waals surface area contributed by atoms with E-state index in [2.05, 4.69) is 15.5 Å². The molecular weight excluding hydrogens is 214 g/mol. The van der Waals surface area contributed by atoms with Crippen LogP contribution in [0.3, 0.4) is 0 Å². The minimum Gasteiger partial charge on any atom is -0.381 e. The molecule has 2 heterocycles. The van der Waals surface area contributed by atoms with E-state index in [1.54, 1.807) is 6.20 Å². The first-order valence-corrected chi connectivity index (χ1v) is 5.58. The van der Waals surface area contributed by atoms with Gasteiger partial charge < -0.3 is 10.1 Å². The van der Waals surface area contributed by atoms with Crippen molar-refractivity contribution < 1.29 is 4.74 Å². The second-order valence-electron chi connectivity index (χ2n) is 3.76. The standard InChI is InChI=1S/C10H14ClN3O/c11-8-10(3-6-15-7-4-10)13-9-2-1-5-12-14-9/h1-2,5H,3-4,6-8H2,(H,13,14). The highest BCUT2D eigenvalue weighted by Gasteiger charge is 2.31. The molecule has 0 spiro atoms. The molecule has 1 aliphatic heterocycles. The smallest absolute Gasteiger partial charge is 0.149 e. The summed E-state index contributed by atoms with van der Waals surface area (Å²) in [6, 6.07) is 3.76. The molecule has 0 atom stereocenters. The van der Waals surface area contributed by atoms with Gasteiger partial charge in [-0.3, -0.25) is 0 Å². The van der Waals surface area contributed by atoms with Crippen LogP contribution in [0.15, 0.2) is 18.3 Å². The van der Waals surface area contributed by atoms with E-state index in [0.29, 0.717) is 5.88 Å². The highest BCUT2D eigenvalue weighted by atomic mass is 35.5.